The molecule has 7 nitrogen and oxygen atoms in total. The highest BCUT2D eigenvalue weighted by molar-refractivity contribution is 5.97. The average Bonchev–Trinajstić information content (AvgIpc) is 3.00. The number of hydrogen-bond donors (Lipinski definition) is 1. The Labute approximate surface area is 120 Å². The van der Waals surface area contributed by atoms with Crippen molar-refractivity contribution in [3.05, 3.63) is 58.0 Å². The van der Waals surface area contributed by atoms with Crippen molar-refractivity contribution in [2.45, 2.75) is 13.0 Å². The number of nitrogens with one attached hydrogen (secondary N) is 1. The third kappa shape index (κ3) is 3.19. The Hall–Kier alpha value is -2.83. The molecule has 0 unspecified atom stereocenters. The van der Waals surface area contributed by atoms with Gasteiger partial charge in [0, 0.05) is 12.1 Å². The topological polar surface area (TPSA) is 94.6 Å². The minimum Gasteiger partial charge on any atom is -0.496 e. The fourth-order valence-electron chi connectivity index (χ4n) is 1.87. The van der Waals surface area contributed by atoms with E-state index in [1.807, 2.05) is 0 Å². The molecule has 1 heterocycles. The van der Waals surface area contributed by atoms with Crippen LogP contribution in [0.1, 0.15) is 29.1 Å². The van der Waals surface area contributed by atoms with Crippen LogP contribution in [0, 0.1) is 10.1 Å². The van der Waals surface area contributed by atoms with Crippen LogP contribution in [0.25, 0.3) is 0 Å². The monoisotopic (exact) mass is 290 g/mol. The Bertz CT molecular complexity index is 651. The summed E-state index contributed by atoms with van der Waals surface area (Å²) in [6.07, 6.45) is 1.51. The molecule has 110 valence electrons. The zero-order valence-corrected chi connectivity index (χ0v) is 11.5. The maximum Gasteiger partial charge on any atom is 0.270 e. The Morgan fingerprint density at radius 2 is 2.19 bits per heavy atom. The van der Waals surface area contributed by atoms with Crippen molar-refractivity contribution in [1.82, 2.24) is 5.32 Å². The smallest absolute Gasteiger partial charge is 0.270 e. The number of methoxy groups -OCH3 is 1. The van der Waals surface area contributed by atoms with E-state index in [4.69, 9.17) is 9.15 Å². The van der Waals surface area contributed by atoms with Crippen molar-refractivity contribution >= 4 is 11.6 Å². The summed E-state index contributed by atoms with van der Waals surface area (Å²) in [6, 6.07) is 6.94. The number of ether oxygens (including phenoxy) is 1. The van der Waals surface area contributed by atoms with Crippen LogP contribution >= 0.6 is 0 Å². The van der Waals surface area contributed by atoms with Gasteiger partial charge in [0.25, 0.3) is 11.6 Å². The average molecular weight is 290 g/mol. The molecule has 1 aromatic carbocycles. The van der Waals surface area contributed by atoms with Crippen molar-refractivity contribution in [3.8, 4) is 5.75 Å². The van der Waals surface area contributed by atoms with Crippen molar-refractivity contribution in [2.75, 3.05) is 7.11 Å². The van der Waals surface area contributed by atoms with E-state index in [9.17, 15) is 14.9 Å². The van der Waals surface area contributed by atoms with E-state index in [-0.39, 0.29) is 23.0 Å². The highest BCUT2D eigenvalue weighted by atomic mass is 16.6. The van der Waals surface area contributed by atoms with Crippen LogP contribution in [0.5, 0.6) is 5.75 Å². The highest BCUT2D eigenvalue weighted by Crippen LogP contribution is 2.24. The lowest BCUT2D eigenvalue weighted by Crippen LogP contribution is -2.26. The second-order valence-corrected chi connectivity index (χ2v) is 4.35. The Morgan fingerprint density at radius 1 is 1.43 bits per heavy atom. The van der Waals surface area contributed by atoms with Crippen molar-refractivity contribution in [1.29, 1.82) is 0 Å². The predicted molar refractivity (Wildman–Crippen MR) is 74.2 cm³/mol. The fourth-order valence-corrected chi connectivity index (χ4v) is 1.87. The number of nitro benzene ring substituents is 1. The molecule has 7 heteroatoms. The van der Waals surface area contributed by atoms with Gasteiger partial charge in [-0.25, -0.2) is 0 Å². The van der Waals surface area contributed by atoms with Gasteiger partial charge in [0.2, 0.25) is 0 Å². The number of carbonyl (C=O) groups is 1. The Kier molecular flexibility index (Phi) is 4.22. The highest BCUT2D eigenvalue weighted by Gasteiger charge is 2.20. The molecule has 1 atom stereocenters. The maximum absolute atomic E-state index is 12.2. The van der Waals surface area contributed by atoms with E-state index in [2.05, 4.69) is 5.32 Å². The lowest BCUT2D eigenvalue weighted by Gasteiger charge is -2.13. The fraction of sp³-hybridized carbons (Fsp3) is 0.214. The zero-order chi connectivity index (χ0) is 15.4. The molecule has 1 amide bonds. The van der Waals surface area contributed by atoms with Crippen LogP contribution in [-0.2, 0) is 0 Å². The second-order valence-electron chi connectivity index (χ2n) is 4.35. The summed E-state index contributed by atoms with van der Waals surface area (Å²) in [5.74, 6) is 0.386. The predicted octanol–water partition coefficient (Wildman–Crippen LogP) is 2.69. The van der Waals surface area contributed by atoms with E-state index in [1.165, 1.54) is 31.6 Å². The summed E-state index contributed by atoms with van der Waals surface area (Å²) < 4.78 is 10.3. The molecule has 0 spiro atoms. The molecule has 1 aromatic heterocycles. The number of benzene rings is 1. The third-order valence-corrected chi connectivity index (χ3v) is 2.96. The Morgan fingerprint density at radius 3 is 2.76 bits per heavy atom. The van der Waals surface area contributed by atoms with Crippen LogP contribution in [0.4, 0.5) is 5.69 Å². The van der Waals surface area contributed by atoms with Gasteiger partial charge in [-0.1, -0.05) is 0 Å². The molecule has 21 heavy (non-hydrogen) atoms. The molecular weight excluding hydrogens is 276 g/mol. The number of nitro groups is 1. The molecule has 1 N–H and O–H groups in total. The summed E-state index contributed by atoms with van der Waals surface area (Å²) in [5.41, 5.74) is -0.0725. The maximum atomic E-state index is 12.2. The summed E-state index contributed by atoms with van der Waals surface area (Å²) in [4.78, 5) is 22.5. The van der Waals surface area contributed by atoms with E-state index in [1.54, 1.807) is 19.1 Å². The minimum absolute atomic E-state index is 0.102. The van der Waals surface area contributed by atoms with Gasteiger partial charge in [0.05, 0.1) is 29.9 Å². The number of furan rings is 1. The van der Waals surface area contributed by atoms with Gasteiger partial charge in [0.15, 0.2) is 0 Å². The largest absolute Gasteiger partial charge is 0.496 e. The molecule has 0 radical (unpaired) electrons. The third-order valence-electron chi connectivity index (χ3n) is 2.96. The van der Waals surface area contributed by atoms with Gasteiger partial charge in [-0.2, -0.15) is 0 Å². The van der Waals surface area contributed by atoms with Crippen LogP contribution in [-0.4, -0.2) is 17.9 Å². The molecular formula is C14H14N2O5. The van der Waals surface area contributed by atoms with E-state index >= 15 is 0 Å². The molecule has 2 aromatic rings. The molecule has 2 rings (SSSR count). The first-order valence-electron chi connectivity index (χ1n) is 6.19. The summed E-state index contributed by atoms with van der Waals surface area (Å²) in [7, 11) is 1.40. The molecule has 0 saturated carbocycles. The normalized spacial score (nSPS) is 11.7. The molecule has 0 aliphatic rings. The second kappa shape index (κ2) is 6.08. The van der Waals surface area contributed by atoms with Gasteiger partial charge < -0.3 is 14.5 Å². The van der Waals surface area contributed by atoms with E-state index < -0.39 is 10.8 Å². The number of non-ortho nitro benzene ring substituents is 1. The lowest BCUT2D eigenvalue weighted by atomic mass is 10.1. The number of carbonyl (C=O) groups excluding carboxylic acids is 1. The summed E-state index contributed by atoms with van der Waals surface area (Å²) in [6.45, 7) is 1.75. The van der Waals surface area contributed by atoms with Crippen molar-refractivity contribution < 1.29 is 18.9 Å². The van der Waals surface area contributed by atoms with Crippen LogP contribution in [0.2, 0.25) is 0 Å². The molecule has 0 bridgehead atoms. The molecule has 0 aliphatic carbocycles. The molecule has 0 saturated heterocycles. The number of amides is 1. The molecule has 0 fully saturated rings. The number of rotatable bonds is 5. The van der Waals surface area contributed by atoms with Gasteiger partial charge >= 0.3 is 0 Å². The summed E-state index contributed by atoms with van der Waals surface area (Å²) in [5, 5.41) is 13.5. The standard InChI is InChI=1S/C14H14N2O5/c1-9(12-4-3-7-21-12)15-14(17)11-8-10(16(18)19)5-6-13(11)20-2/h3-9H,1-2H3,(H,15,17)/t9-/m0/s1. The van der Waals surface area contributed by atoms with Gasteiger partial charge in [-0.3, -0.25) is 14.9 Å². The van der Waals surface area contributed by atoms with Gasteiger partial charge in [-0.15, -0.1) is 0 Å². The van der Waals surface area contributed by atoms with Crippen LogP contribution in [0.3, 0.4) is 0 Å². The van der Waals surface area contributed by atoms with Crippen LogP contribution < -0.4 is 10.1 Å². The van der Waals surface area contributed by atoms with Crippen LogP contribution in [0.15, 0.2) is 41.0 Å². The first-order chi connectivity index (χ1) is 10.0. The van der Waals surface area contributed by atoms with E-state index in [0.717, 1.165) is 0 Å². The SMILES string of the molecule is COc1ccc([N+](=O)[O-])cc1C(=O)N[C@@H](C)c1ccco1. The van der Waals surface area contributed by atoms with Gasteiger partial charge in [-0.05, 0) is 25.1 Å². The van der Waals surface area contributed by atoms with E-state index in [0.29, 0.717) is 5.76 Å². The quantitative estimate of drug-likeness (QED) is 0.674. The first-order valence-corrected chi connectivity index (χ1v) is 6.19. The van der Waals surface area contributed by atoms with Crippen molar-refractivity contribution in [3.63, 3.8) is 0 Å². The number of hydrogen-bond acceptors (Lipinski definition) is 5. The first kappa shape index (κ1) is 14.6. The lowest BCUT2D eigenvalue weighted by molar-refractivity contribution is -0.384. The zero-order valence-electron chi connectivity index (χ0n) is 11.5. The van der Waals surface area contributed by atoms with Gasteiger partial charge in [0.1, 0.15) is 11.5 Å². The summed E-state index contributed by atoms with van der Waals surface area (Å²) >= 11 is 0. The molecule has 0 aliphatic heterocycles. The Balaban J connectivity index is 2.25. The minimum atomic E-state index is -0.563. The van der Waals surface area contributed by atoms with Crippen molar-refractivity contribution in [2.24, 2.45) is 0 Å². The number of nitrogens with zero attached hydrogens (tertiary/aromatic N) is 1.